The lowest BCUT2D eigenvalue weighted by molar-refractivity contribution is 0.287. The summed E-state index contributed by atoms with van der Waals surface area (Å²) < 4.78 is 23.2. The van der Waals surface area contributed by atoms with Crippen molar-refractivity contribution in [1.29, 1.82) is 0 Å². The molecule has 1 fully saturated rings. The summed E-state index contributed by atoms with van der Waals surface area (Å²) in [7, 11) is -0.854. The number of hydrogen-bond donors (Lipinski definition) is 1. The van der Waals surface area contributed by atoms with Crippen LogP contribution in [0.5, 0.6) is 0 Å². The highest BCUT2D eigenvalue weighted by atomic mass is 32.2. The van der Waals surface area contributed by atoms with Crippen molar-refractivity contribution in [3.63, 3.8) is 0 Å². The molecule has 0 bridgehead atoms. The Bertz CT molecular complexity index is 523. The summed E-state index contributed by atoms with van der Waals surface area (Å²) in [4.78, 5) is 4.96. The molecule has 1 aliphatic heterocycles. The van der Waals surface area contributed by atoms with Crippen LogP contribution < -0.4 is 5.32 Å². The zero-order valence-corrected chi connectivity index (χ0v) is 13.2. The van der Waals surface area contributed by atoms with Crippen LogP contribution in [-0.4, -0.2) is 45.0 Å². The second kappa shape index (κ2) is 6.35. The quantitative estimate of drug-likeness (QED) is 0.913. The molecule has 0 unspecified atom stereocenters. The lowest BCUT2D eigenvalue weighted by Gasteiger charge is -2.18. The van der Waals surface area contributed by atoms with Gasteiger partial charge in [0.25, 0.3) is 0 Å². The summed E-state index contributed by atoms with van der Waals surface area (Å²) in [5.41, 5.74) is 1.34. The van der Waals surface area contributed by atoms with E-state index in [0.717, 1.165) is 26.1 Å². The van der Waals surface area contributed by atoms with Gasteiger partial charge in [0.05, 0.1) is 11.5 Å². The molecule has 1 aromatic rings. The van der Waals surface area contributed by atoms with Crippen molar-refractivity contribution in [2.24, 2.45) is 0 Å². The number of nitrogens with one attached hydrogen (secondary N) is 1. The highest BCUT2D eigenvalue weighted by molar-refractivity contribution is 7.91. The van der Waals surface area contributed by atoms with Crippen LogP contribution in [-0.2, 0) is 22.9 Å². The van der Waals surface area contributed by atoms with Gasteiger partial charge in [-0.2, -0.15) is 0 Å². The monoisotopic (exact) mass is 302 g/mol. The predicted molar refractivity (Wildman–Crippen MR) is 80.4 cm³/mol. The first-order valence-electron chi connectivity index (χ1n) is 6.66. The largest absolute Gasteiger partial charge is 0.315 e. The first kappa shape index (κ1) is 15.0. The van der Waals surface area contributed by atoms with Gasteiger partial charge in [0, 0.05) is 29.4 Å². The SMILES string of the molecule is CNCc1cc(CN2CCCS(=O)(=O)CC2)c(C)s1. The minimum atomic E-state index is -2.81. The van der Waals surface area contributed by atoms with E-state index in [1.54, 1.807) is 0 Å². The maximum atomic E-state index is 11.6. The van der Waals surface area contributed by atoms with Crippen LogP contribution in [0.1, 0.15) is 21.7 Å². The van der Waals surface area contributed by atoms with Crippen LogP contribution in [0.25, 0.3) is 0 Å². The molecule has 4 nitrogen and oxygen atoms in total. The minimum absolute atomic E-state index is 0.305. The molecule has 2 rings (SSSR count). The molecule has 0 aromatic carbocycles. The number of aryl methyl sites for hydroxylation is 1. The third-order valence-electron chi connectivity index (χ3n) is 3.46. The molecule has 1 aliphatic rings. The second-order valence-electron chi connectivity index (χ2n) is 5.11. The van der Waals surface area contributed by atoms with Crippen molar-refractivity contribution in [3.8, 4) is 0 Å². The summed E-state index contributed by atoms with van der Waals surface area (Å²) in [6.45, 7) is 5.48. The normalized spacial score (nSPS) is 20.3. The van der Waals surface area contributed by atoms with Crippen LogP contribution >= 0.6 is 11.3 Å². The minimum Gasteiger partial charge on any atom is -0.315 e. The van der Waals surface area contributed by atoms with Gasteiger partial charge in [-0.25, -0.2) is 8.42 Å². The molecule has 19 heavy (non-hydrogen) atoms. The maximum absolute atomic E-state index is 11.6. The molecule has 0 atom stereocenters. The third kappa shape index (κ3) is 4.27. The average molecular weight is 302 g/mol. The standard InChI is InChI=1S/C13H22N2O2S2/c1-11-12(8-13(18-11)9-14-2)10-15-4-3-6-19(16,17)7-5-15/h8,14H,3-7,9-10H2,1-2H3. The number of sulfone groups is 1. The lowest BCUT2D eigenvalue weighted by atomic mass is 10.2. The highest BCUT2D eigenvalue weighted by Gasteiger charge is 2.19. The van der Waals surface area contributed by atoms with E-state index >= 15 is 0 Å². The Hall–Kier alpha value is -0.430. The summed E-state index contributed by atoms with van der Waals surface area (Å²) >= 11 is 1.83. The number of hydrogen-bond acceptors (Lipinski definition) is 5. The van der Waals surface area contributed by atoms with E-state index in [2.05, 4.69) is 23.2 Å². The molecule has 0 amide bonds. The first-order chi connectivity index (χ1) is 9.00. The van der Waals surface area contributed by atoms with E-state index in [9.17, 15) is 8.42 Å². The molecule has 6 heteroatoms. The Kier molecular flexibility index (Phi) is 5.00. The topological polar surface area (TPSA) is 49.4 Å². The summed E-state index contributed by atoms with van der Waals surface area (Å²) in [6, 6.07) is 2.25. The molecular formula is C13H22N2O2S2. The van der Waals surface area contributed by atoms with Gasteiger partial charge in [0.1, 0.15) is 0 Å². The summed E-state index contributed by atoms with van der Waals surface area (Å²) in [5, 5.41) is 3.17. The maximum Gasteiger partial charge on any atom is 0.151 e. The van der Waals surface area contributed by atoms with Crippen LogP contribution in [0.4, 0.5) is 0 Å². The zero-order valence-electron chi connectivity index (χ0n) is 11.6. The Morgan fingerprint density at radius 3 is 2.89 bits per heavy atom. The van der Waals surface area contributed by atoms with Crippen LogP contribution in [0.3, 0.4) is 0 Å². The predicted octanol–water partition coefficient (Wildman–Crippen LogP) is 1.40. The number of nitrogens with zero attached hydrogens (tertiary/aromatic N) is 1. The van der Waals surface area contributed by atoms with Gasteiger partial charge in [0.15, 0.2) is 9.84 Å². The van der Waals surface area contributed by atoms with Gasteiger partial charge < -0.3 is 5.32 Å². The molecule has 0 aliphatic carbocycles. The fourth-order valence-electron chi connectivity index (χ4n) is 2.40. The molecule has 0 spiro atoms. The summed E-state index contributed by atoms with van der Waals surface area (Å²) in [5.74, 6) is 0.649. The van der Waals surface area contributed by atoms with Crippen LogP contribution in [0, 0.1) is 6.92 Å². The Morgan fingerprint density at radius 2 is 2.16 bits per heavy atom. The molecule has 1 N–H and O–H groups in total. The Labute approximate surface area is 119 Å². The molecule has 1 aromatic heterocycles. The molecule has 108 valence electrons. The van der Waals surface area contributed by atoms with Gasteiger partial charge in [-0.05, 0) is 38.6 Å². The molecular weight excluding hydrogens is 280 g/mol. The summed E-state index contributed by atoms with van der Waals surface area (Å²) in [6.07, 6.45) is 0.759. The Balaban J connectivity index is 2.00. The van der Waals surface area contributed by atoms with Crippen LogP contribution in [0.2, 0.25) is 0 Å². The highest BCUT2D eigenvalue weighted by Crippen LogP contribution is 2.23. The van der Waals surface area contributed by atoms with E-state index in [0.29, 0.717) is 18.1 Å². The van der Waals surface area contributed by atoms with Gasteiger partial charge in [-0.1, -0.05) is 0 Å². The molecule has 1 saturated heterocycles. The van der Waals surface area contributed by atoms with Crippen molar-refractivity contribution < 1.29 is 8.42 Å². The molecule has 0 radical (unpaired) electrons. The lowest BCUT2D eigenvalue weighted by Crippen LogP contribution is -2.26. The van der Waals surface area contributed by atoms with Gasteiger partial charge in [0.2, 0.25) is 0 Å². The van der Waals surface area contributed by atoms with E-state index in [-0.39, 0.29) is 0 Å². The van der Waals surface area contributed by atoms with Crippen molar-refractivity contribution in [2.75, 3.05) is 31.6 Å². The van der Waals surface area contributed by atoms with Crippen LogP contribution in [0.15, 0.2) is 6.07 Å². The van der Waals surface area contributed by atoms with Gasteiger partial charge >= 0.3 is 0 Å². The van der Waals surface area contributed by atoms with E-state index in [4.69, 9.17) is 0 Å². The van der Waals surface area contributed by atoms with Gasteiger partial charge in [-0.3, -0.25) is 4.90 Å². The average Bonchev–Trinajstić information content (AvgIpc) is 2.56. The fraction of sp³-hybridized carbons (Fsp3) is 0.692. The van der Waals surface area contributed by atoms with Crippen molar-refractivity contribution in [1.82, 2.24) is 10.2 Å². The number of rotatable bonds is 4. The van der Waals surface area contributed by atoms with Gasteiger partial charge in [-0.15, -0.1) is 11.3 Å². The fourth-order valence-corrected chi connectivity index (χ4v) is 4.77. The van der Waals surface area contributed by atoms with Crippen molar-refractivity contribution in [2.45, 2.75) is 26.4 Å². The number of thiophene rings is 1. The van der Waals surface area contributed by atoms with Crippen molar-refractivity contribution >= 4 is 21.2 Å². The smallest absolute Gasteiger partial charge is 0.151 e. The second-order valence-corrected chi connectivity index (χ2v) is 8.75. The third-order valence-corrected chi connectivity index (χ3v) is 6.27. The Morgan fingerprint density at radius 1 is 1.37 bits per heavy atom. The van der Waals surface area contributed by atoms with Crippen molar-refractivity contribution in [3.05, 3.63) is 21.4 Å². The molecule has 2 heterocycles. The van der Waals surface area contributed by atoms with E-state index in [1.807, 2.05) is 18.4 Å². The first-order valence-corrected chi connectivity index (χ1v) is 9.29. The van der Waals surface area contributed by atoms with E-state index in [1.165, 1.54) is 15.3 Å². The zero-order chi connectivity index (χ0) is 13.9. The molecule has 0 saturated carbocycles. The van der Waals surface area contributed by atoms with E-state index < -0.39 is 9.84 Å².